The predicted molar refractivity (Wildman–Crippen MR) is 59.5 cm³/mol. The summed E-state index contributed by atoms with van der Waals surface area (Å²) in [4.78, 5) is 0. The normalized spacial score (nSPS) is 10.6. The first-order chi connectivity index (χ1) is 6.95. The van der Waals surface area contributed by atoms with Gasteiger partial charge in [0.15, 0.2) is 0 Å². The highest BCUT2D eigenvalue weighted by Crippen LogP contribution is 2.06. The molecule has 2 aromatic carbocycles. The van der Waals surface area contributed by atoms with Crippen LogP contribution in [0.5, 0.6) is 0 Å². The van der Waals surface area contributed by atoms with Crippen molar-refractivity contribution in [2.24, 2.45) is 0 Å². The smallest absolute Gasteiger partial charge is 0.0171 e. The molecule has 0 aliphatic heterocycles. The molecule has 14 heavy (non-hydrogen) atoms. The maximum atomic E-state index is 2.99. The molecule has 0 aliphatic carbocycles. The molecule has 0 saturated carbocycles. The van der Waals surface area contributed by atoms with E-state index >= 15 is 0 Å². The zero-order chi connectivity index (χ0) is 9.64. The Morgan fingerprint density at radius 2 is 1.43 bits per heavy atom. The second-order valence-corrected chi connectivity index (χ2v) is 3.01. The van der Waals surface area contributed by atoms with Gasteiger partial charge < -0.3 is 0 Å². The monoisotopic (exact) mass is 178 g/mol. The molecule has 0 heteroatoms. The summed E-state index contributed by atoms with van der Waals surface area (Å²) in [6, 6.07) is 21.9. The summed E-state index contributed by atoms with van der Waals surface area (Å²) in [5.74, 6) is 0. The topological polar surface area (TPSA) is 0 Å². The Kier molecular flexibility index (Phi) is 2.77. The van der Waals surface area contributed by atoms with Crippen molar-refractivity contribution in [3.63, 3.8) is 0 Å². The van der Waals surface area contributed by atoms with Crippen LogP contribution in [0.15, 0.2) is 48.5 Å². The second-order valence-electron chi connectivity index (χ2n) is 3.01. The maximum Gasteiger partial charge on any atom is -0.0171 e. The first kappa shape index (κ1) is 8.76. The Balaban J connectivity index is 2.16. The molecule has 0 heterocycles. The third kappa shape index (κ3) is 2.33. The summed E-state index contributed by atoms with van der Waals surface area (Å²) in [6.45, 7) is 0. The Hall–Kier alpha value is -1.82. The highest BCUT2D eigenvalue weighted by Gasteiger charge is 1.84. The van der Waals surface area contributed by atoms with E-state index in [4.69, 9.17) is 0 Å². The number of benzene rings is 2. The van der Waals surface area contributed by atoms with Crippen LogP contribution in [0.2, 0.25) is 0 Å². The molecule has 0 unspecified atom stereocenters. The molecule has 0 aromatic heterocycles. The number of hydrogen-bond acceptors (Lipinski definition) is 0. The van der Waals surface area contributed by atoms with E-state index in [-0.39, 0.29) is 0 Å². The first-order valence-electron chi connectivity index (χ1n) is 4.55. The van der Waals surface area contributed by atoms with E-state index < -0.39 is 0 Å². The van der Waals surface area contributed by atoms with Crippen LogP contribution in [0.3, 0.4) is 0 Å². The summed E-state index contributed by atoms with van der Waals surface area (Å²) >= 11 is 0. The molecular weight excluding hydrogens is 168 g/mol. The summed E-state index contributed by atoms with van der Waals surface area (Å²) in [7, 11) is 0. The Bertz CT molecular complexity index is 357. The summed E-state index contributed by atoms with van der Waals surface area (Å²) < 4.78 is 0. The standard InChI is InChI=1S/C14H10/c1-3-7-13(8-4-1)11-12-14-9-5-2-6-10-14/h1-4,7-12H/b12-11+. The van der Waals surface area contributed by atoms with Crippen molar-refractivity contribution < 1.29 is 0 Å². The van der Waals surface area contributed by atoms with Gasteiger partial charge in [0.2, 0.25) is 0 Å². The lowest BCUT2D eigenvalue weighted by atomic mass is 10.1. The zero-order valence-electron chi connectivity index (χ0n) is 7.77. The van der Waals surface area contributed by atoms with Gasteiger partial charge >= 0.3 is 0 Å². The van der Waals surface area contributed by atoms with Crippen LogP contribution in [-0.2, 0) is 0 Å². The number of hydrogen-bond donors (Lipinski definition) is 0. The summed E-state index contributed by atoms with van der Waals surface area (Å²) in [5.41, 5.74) is 2.33. The number of rotatable bonds is 2. The van der Waals surface area contributed by atoms with Crippen LogP contribution in [-0.4, -0.2) is 0 Å². The van der Waals surface area contributed by atoms with E-state index in [1.54, 1.807) is 6.07 Å². The van der Waals surface area contributed by atoms with E-state index in [1.165, 1.54) is 5.56 Å². The fourth-order valence-corrected chi connectivity index (χ4v) is 1.22. The van der Waals surface area contributed by atoms with Crippen molar-refractivity contribution in [1.82, 2.24) is 0 Å². The molecule has 2 radical (unpaired) electrons. The highest BCUT2D eigenvalue weighted by molar-refractivity contribution is 5.69. The van der Waals surface area contributed by atoms with Gasteiger partial charge in [0.1, 0.15) is 0 Å². The van der Waals surface area contributed by atoms with Gasteiger partial charge in [0.25, 0.3) is 0 Å². The van der Waals surface area contributed by atoms with Gasteiger partial charge in [0.05, 0.1) is 0 Å². The van der Waals surface area contributed by atoms with Gasteiger partial charge in [-0.25, -0.2) is 0 Å². The molecule has 0 aliphatic rings. The molecule has 0 spiro atoms. The SMILES string of the molecule is [c]1c[c]cc(/C=C/c2ccccc2)c1. The van der Waals surface area contributed by atoms with Crippen LogP contribution in [0.25, 0.3) is 12.2 Å². The largest absolute Gasteiger partial charge is 0.0622 e. The van der Waals surface area contributed by atoms with E-state index in [0.717, 1.165) is 5.56 Å². The lowest BCUT2D eigenvalue weighted by Crippen LogP contribution is -1.71. The van der Waals surface area contributed by atoms with Crippen LogP contribution >= 0.6 is 0 Å². The average Bonchev–Trinajstić information content (AvgIpc) is 2.29. The van der Waals surface area contributed by atoms with Gasteiger partial charge in [-0.2, -0.15) is 0 Å². The Morgan fingerprint density at radius 1 is 0.786 bits per heavy atom. The average molecular weight is 178 g/mol. The Labute approximate surface area is 84.5 Å². The molecule has 0 atom stereocenters. The van der Waals surface area contributed by atoms with Gasteiger partial charge in [-0.15, -0.1) is 0 Å². The summed E-state index contributed by atoms with van der Waals surface area (Å²) in [6.07, 6.45) is 4.14. The van der Waals surface area contributed by atoms with Crippen molar-refractivity contribution >= 4 is 12.2 Å². The molecule has 0 bridgehead atoms. The van der Waals surface area contributed by atoms with Crippen molar-refractivity contribution in [2.45, 2.75) is 0 Å². The zero-order valence-corrected chi connectivity index (χ0v) is 7.77. The lowest BCUT2D eigenvalue weighted by Gasteiger charge is -1.92. The third-order valence-electron chi connectivity index (χ3n) is 1.93. The summed E-state index contributed by atoms with van der Waals surface area (Å²) in [5, 5.41) is 0. The molecule has 2 rings (SSSR count). The van der Waals surface area contributed by atoms with Crippen LogP contribution in [0.4, 0.5) is 0 Å². The lowest BCUT2D eigenvalue weighted by molar-refractivity contribution is 1.63. The molecule has 2 aromatic rings. The van der Waals surface area contributed by atoms with Crippen molar-refractivity contribution in [3.8, 4) is 0 Å². The van der Waals surface area contributed by atoms with E-state index in [2.05, 4.69) is 36.4 Å². The maximum absolute atomic E-state index is 2.99. The van der Waals surface area contributed by atoms with Gasteiger partial charge in [-0.1, -0.05) is 42.5 Å². The first-order valence-corrected chi connectivity index (χ1v) is 4.55. The van der Waals surface area contributed by atoms with E-state index in [1.807, 2.05) is 30.3 Å². The van der Waals surface area contributed by atoms with E-state index in [0.29, 0.717) is 0 Å². The minimum Gasteiger partial charge on any atom is -0.0622 e. The molecule has 66 valence electrons. The molecular formula is C14H10. The molecule has 0 nitrogen and oxygen atoms in total. The van der Waals surface area contributed by atoms with Crippen molar-refractivity contribution in [1.29, 1.82) is 0 Å². The van der Waals surface area contributed by atoms with Crippen LogP contribution in [0, 0.1) is 12.1 Å². The van der Waals surface area contributed by atoms with Gasteiger partial charge in [-0.05, 0) is 41.5 Å². The van der Waals surface area contributed by atoms with Crippen molar-refractivity contribution in [2.75, 3.05) is 0 Å². The van der Waals surface area contributed by atoms with Gasteiger partial charge in [-0.3, -0.25) is 0 Å². The van der Waals surface area contributed by atoms with Crippen LogP contribution < -0.4 is 0 Å². The van der Waals surface area contributed by atoms with E-state index in [9.17, 15) is 0 Å². The Morgan fingerprint density at radius 3 is 2.14 bits per heavy atom. The van der Waals surface area contributed by atoms with Crippen molar-refractivity contribution in [3.05, 3.63) is 71.8 Å². The minimum absolute atomic E-state index is 1.12. The molecule has 0 amide bonds. The minimum atomic E-state index is 1.12. The quantitative estimate of drug-likeness (QED) is 0.618. The molecule has 0 N–H and O–H groups in total. The highest BCUT2D eigenvalue weighted by atomic mass is 13.9. The predicted octanol–water partition coefficient (Wildman–Crippen LogP) is 3.46. The van der Waals surface area contributed by atoms with Crippen LogP contribution in [0.1, 0.15) is 11.1 Å². The fourth-order valence-electron chi connectivity index (χ4n) is 1.22. The molecule has 0 fully saturated rings. The third-order valence-corrected chi connectivity index (χ3v) is 1.93. The second kappa shape index (κ2) is 4.43. The fraction of sp³-hybridized carbons (Fsp3) is 0. The van der Waals surface area contributed by atoms with Gasteiger partial charge in [0, 0.05) is 0 Å². The molecule has 0 saturated heterocycles.